The van der Waals surface area contributed by atoms with Crippen molar-refractivity contribution in [1.82, 2.24) is 9.97 Å². The van der Waals surface area contributed by atoms with Crippen molar-refractivity contribution in [3.63, 3.8) is 0 Å². The van der Waals surface area contributed by atoms with Crippen molar-refractivity contribution in [2.75, 3.05) is 23.8 Å². The van der Waals surface area contributed by atoms with Crippen LogP contribution in [0.5, 0.6) is 0 Å². The summed E-state index contributed by atoms with van der Waals surface area (Å²) >= 11 is 0. The van der Waals surface area contributed by atoms with Gasteiger partial charge in [-0.3, -0.25) is 9.78 Å². The van der Waals surface area contributed by atoms with Gasteiger partial charge in [0, 0.05) is 25.5 Å². The fourth-order valence-electron chi connectivity index (χ4n) is 2.29. The topological polar surface area (TPSA) is 76.1 Å². The standard InChI is InChI=1S/C16H18N4O2/c21-16(12-3-1-7-17-9-12)20-15-6-5-13(10-19-15)18-11-14-4-2-8-22-14/h1,3,5-7,9-10,14,18H,2,4,8,11H2,(H,19,20,21). The Labute approximate surface area is 128 Å². The summed E-state index contributed by atoms with van der Waals surface area (Å²) in [5, 5.41) is 6.03. The van der Waals surface area contributed by atoms with Gasteiger partial charge in [-0.25, -0.2) is 4.98 Å². The van der Waals surface area contributed by atoms with Gasteiger partial charge in [0.2, 0.25) is 0 Å². The SMILES string of the molecule is O=C(Nc1ccc(NCC2CCCO2)cn1)c1cccnc1. The van der Waals surface area contributed by atoms with E-state index in [1.54, 1.807) is 30.6 Å². The van der Waals surface area contributed by atoms with E-state index in [0.29, 0.717) is 11.4 Å². The molecule has 0 aliphatic carbocycles. The van der Waals surface area contributed by atoms with Crippen LogP contribution < -0.4 is 10.6 Å². The van der Waals surface area contributed by atoms with Crippen LogP contribution in [0.25, 0.3) is 0 Å². The van der Waals surface area contributed by atoms with Gasteiger partial charge in [-0.05, 0) is 37.1 Å². The highest BCUT2D eigenvalue weighted by Gasteiger charge is 2.14. The highest BCUT2D eigenvalue weighted by Crippen LogP contribution is 2.15. The zero-order valence-electron chi connectivity index (χ0n) is 12.2. The molecule has 2 aromatic heterocycles. The van der Waals surface area contributed by atoms with Gasteiger partial charge in [-0.1, -0.05) is 0 Å². The first-order valence-corrected chi connectivity index (χ1v) is 7.34. The quantitative estimate of drug-likeness (QED) is 0.886. The summed E-state index contributed by atoms with van der Waals surface area (Å²) in [6.45, 7) is 1.63. The molecule has 6 heteroatoms. The van der Waals surface area contributed by atoms with Crippen molar-refractivity contribution < 1.29 is 9.53 Å². The first-order valence-electron chi connectivity index (χ1n) is 7.34. The van der Waals surface area contributed by atoms with Crippen LogP contribution in [-0.4, -0.2) is 35.1 Å². The lowest BCUT2D eigenvalue weighted by Crippen LogP contribution is -2.18. The Balaban J connectivity index is 1.53. The van der Waals surface area contributed by atoms with E-state index in [1.807, 2.05) is 6.07 Å². The lowest BCUT2D eigenvalue weighted by molar-refractivity contribution is 0.102. The van der Waals surface area contributed by atoms with E-state index in [0.717, 1.165) is 31.7 Å². The summed E-state index contributed by atoms with van der Waals surface area (Å²) in [6, 6.07) is 7.09. The molecule has 1 saturated heterocycles. The second-order valence-corrected chi connectivity index (χ2v) is 5.14. The minimum atomic E-state index is -0.222. The molecular formula is C16H18N4O2. The van der Waals surface area contributed by atoms with Crippen molar-refractivity contribution >= 4 is 17.4 Å². The van der Waals surface area contributed by atoms with Crippen LogP contribution in [0.2, 0.25) is 0 Å². The van der Waals surface area contributed by atoms with Crippen molar-refractivity contribution in [2.45, 2.75) is 18.9 Å². The molecule has 22 heavy (non-hydrogen) atoms. The molecule has 3 heterocycles. The zero-order chi connectivity index (χ0) is 15.2. The van der Waals surface area contributed by atoms with Crippen molar-refractivity contribution in [3.8, 4) is 0 Å². The minimum absolute atomic E-state index is 0.222. The molecule has 114 valence electrons. The summed E-state index contributed by atoms with van der Waals surface area (Å²) in [5.74, 6) is 0.289. The van der Waals surface area contributed by atoms with Gasteiger partial charge in [0.05, 0.1) is 23.6 Å². The van der Waals surface area contributed by atoms with Gasteiger partial charge >= 0.3 is 0 Å². The molecule has 1 unspecified atom stereocenters. The molecule has 0 bridgehead atoms. The maximum absolute atomic E-state index is 12.0. The summed E-state index contributed by atoms with van der Waals surface area (Å²) < 4.78 is 5.55. The van der Waals surface area contributed by atoms with Gasteiger partial charge < -0.3 is 15.4 Å². The van der Waals surface area contributed by atoms with E-state index in [2.05, 4.69) is 20.6 Å². The summed E-state index contributed by atoms with van der Waals surface area (Å²) in [4.78, 5) is 20.1. The third-order valence-electron chi connectivity index (χ3n) is 3.49. The number of ether oxygens (including phenoxy) is 1. The van der Waals surface area contributed by atoms with Crippen LogP contribution in [0.1, 0.15) is 23.2 Å². The second kappa shape index (κ2) is 7.00. The average molecular weight is 298 g/mol. The molecule has 2 aromatic rings. The number of hydrogen-bond acceptors (Lipinski definition) is 5. The van der Waals surface area contributed by atoms with Gasteiger partial charge in [-0.15, -0.1) is 0 Å². The number of anilines is 2. The number of carbonyl (C=O) groups is 1. The predicted molar refractivity (Wildman–Crippen MR) is 83.9 cm³/mol. The predicted octanol–water partition coefficient (Wildman–Crippen LogP) is 2.32. The molecule has 1 aliphatic rings. The average Bonchev–Trinajstić information content (AvgIpc) is 3.08. The Bertz CT molecular complexity index is 610. The first kappa shape index (κ1) is 14.5. The Morgan fingerprint density at radius 3 is 2.95 bits per heavy atom. The lowest BCUT2D eigenvalue weighted by Gasteiger charge is -2.12. The molecule has 1 atom stereocenters. The first-order chi connectivity index (χ1) is 10.8. The Morgan fingerprint density at radius 2 is 2.27 bits per heavy atom. The van der Waals surface area contributed by atoms with Crippen molar-refractivity contribution in [2.24, 2.45) is 0 Å². The largest absolute Gasteiger partial charge is 0.381 e. The smallest absolute Gasteiger partial charge is 0.258 e. The second-order valence-electron chi connectivity index (χ2n) is 5.14. The number of amides is 1. The maximum Gasteiger partial charge on any atom is 0.258 e. The highest BCUT2D eigenvalue weighted by atomic mass is 16.5. The molecular weight excluding hydrogens is 280 g/mol. The molecule has 1 aliphatic heterocycles. The van der Waals surface area contributed by atoms with E-state index in [-0.39, 0.29) is 12.0 Å². The number of aromatic nitrogens is 2. The van der Waals surface area contributed by atoms with E-state index in [4.69, 9.17) is 4.74 Å². The molecule has 0 spiro atoms. The number of nitrogens with zero attached hydrogens (tertiary/aromatic N) is 2. The monoisotopic (exact) mass is 298 g/mol. The van der Waals surface area contributed by atoms with Gasteiger partial charge in [0.15, 0.2) is 0 Å². The Morgan fingerprint density at radius 1 is 1.32 bits per heavy atom. The number of pyridine rings is 2. The molecule has 1 amide bonds. The van der Waals surface area contributed by atoms with Crippen molar-refractivity contribution in [1.29, 1.82) is 0 Å². The highest BCUT2D eigenvalue weighted by molar-refractivity contribution is 6.03. The van der Waals surface area contributed by atoms with Crippen molar-refractivity contribution in [3.05, 3.63) is 48.4 Å². The van der Waals surface area contributed by atoms with E-state index < -0.39 is 0 Å². The van der Waals surface area contributed by atoms with Crippen LogP contribution >= 0.6 is 0 Å². The fraction of sp³-hybridized carbons (Fsp3) is 0.312. The number of hydrogen-bond donors (Lipinski definition) is 2. The summed E-state index contributed by atoms with van der Waals surface area (Å²) in [5.41, 5.74) is 1.42. The van der Waals surface area contributed by atoms with Crippen LogP contribution in [0, 0.1) is 0 Å². The number of rotatable bonds is 5. The fourth-order valence-corrected chi connectivity index (χ4v) is 2.29. The van der Waals surface area contributed by atoms with Gasteiger partial charge in [0.1, 0.15) is 5.82 Å². The molecule has 3 rings (SSSR count). The molecule has 0 radical (unpaired) electrons. The van der Waals surface area contributed by atoms with E-state index >= 15 is 0 Å². The molecule has 1 fully saturated rings. The molecule has 6 nitrogen and oxygen atoms in total. The van der Waals surface area contributed by atoms with E-state index in [9.17, 15) is 4.79 Å². The van der Waals surface area contributed by atoms with E-state index in [1.165, 1.54) is 6.20 Å². The third kappa shape index (κ3) is 3.79. The maximum atomic E-state index is 12.0. The normalized spacial score (nSPS) is 17.2. The van der Waals surface area contributed by atoms with Gasteiger partial charge in [0.25, 0.3) is 5.91 Å². The van der Waals surface area contributed by atoms with Crippen LogP contribution in [0.4, 0.5) is 11.5 Å². The van der Waals surface area contributed by atoms with Crippen LogP contribution in [0.3, 0.4) is 0 Å². The minimum Gasteiger partial charge on any atom is -0.381 e. The summed E-state index contributed by atoms with van der Waals surface area (Å²) in [7, 11) is 0. The van der Waals surface area contributed by atoms with Crippen LogP contribution in [0.15, 0.2) is 42.9 Å². The molecule has 0 aromatic carbocycles. The molecule has 2 N–H and O–H groups in total. The lowest BCUT2D eigenvalue weighted by atomic mass is 10.2. The zero-order valence-corrected chi connectivity index (χ0v) is 12.2. The third-order valence-corrected chi connectivity index (χ3v) is 3.49. The molecule has 0 saturated carbocycles. The Kier molecular flexibility index (Phi) is 4.60. The summed E-state index contributed by atoms with van der Waals surface area (Å²) in [6.07, 6.45) is 7.36. The van der Waals surface area contributed by atoms with Gasteiger partial charge in [-0.2, -0.15) is 0 Å². The Hall–Kier alpha value is -2.47. The number of carbonyl (C=O) groups excluding carboxylic acids is 1. The van der Waals surface area contributed by atoms with Crippen LogP contribution in [-0.2, 0) is 4.74 Å². The number of nitrogens with one attached hydrogen (secondary N) is 2.